The monoisotopic (exact) mass is 377 g/mol. The lowest BCUT2D eigenvalue weighted by Gasteiger charge is -2.32. The van der Waals surface area contributed by atoms with Gasteiger partial charge in [0.05, 0.1) is 24.3 Å². The van der Waals surface area contributed by atoms with Gasteiger partial charge in [-0.15, -0.1) is 0 Å². The van der Waals surface area contributed by atoms with Crippen LogP contribution in [0.3, 0.4) is 0 Å². The van der Waals surface area contributed by atoms with Crippen LogP contribution in [0.25, 0.3) is 0 Å². The molecule has 3 rings (SSSR count). The molecule has 1 aliphatic heterocycles. The van der Waals surface area contributed by atoms with E-state index >= 15 is 0 Å². The van der Waals surface area contributed by atoms with E-state index in [0.717, 1.165) is 0 Å². The molecule has 0 unspecified atom stereocenters. The molecule has 1 aromatic heterocycles. The smallest absolute Gasteiger partial charge is 0.246 e. The highest BCUT2D eigenvalue weighted by Gasteiger charge is 2.34. The summed E-state index contributed by atoms with van der Waals surface area (Å²) in [7, 11) is -3.80. The number of ether oxygens (including phenoxy) is 2. The average Bonchev–Trinajstić information content (AvgIpc) is 2.96. The lowest BCUT2D eigenvalue weighted by atomic mass is 10.1. The predicted octanol–water partition coefficient (Wildman–Crippen LogP) is 1.68. The van der Waals surface area contributed by atoms with Gasteiger partial charge in [0.2, 0.25) is 10.0 Å². The molecule has 1 saturated heterocycles. The molecule has 0 saturated carbocycles. The van der Waals surface area contributed by atoms with E-state index in [1.807, 2.05) is 6.07 Å². The second-order valence-electron chi connectivity index (χ2n) is 6.04. The molecule has 1 aromatic carbocycles. The van der Waals surface area contributed by atoms with Gasteiger partial charge in [-0.3, -0.25) is 0 Å². The lowest BCUT2D eigenvalue weighted by molar-refractivity contribution is -0.00927. The van der Waals surface area contributed by atoms with Gasteiger partial charge in [-0.05, 0) is 44.5 Å². The van der Waals surface area contributed by atoms with Gasteiger partial charge in [0.15, 0.2) is 5.76 Å². The van der Waals surface area contributed by atoms with Crippen molar-refractivity contribution in [1.82, 2.24) is 9.88 Å². The molecule has 8 nitrogen and oxygen atoms in total. The van der Waals surface area contributed by atoms with E-state index < -0.39 is 22.2 Å². The molecule has 0 amide bonds. The largest absolute Gasteiger partial charge is 0.486 e. The Morgan fingerprint density at radius 3 is 2.65 bits per heavy atom. The number of aryl methyl sites for hydroxylation is 2. The Bertz CT molecular complexity index is 895. The zero-order valence-corrected chi connectivity index (χ0v) is 15.2. The van der Waals surface area contributed by atoms with Crippen LogP contribution in [-0.4, -0.2) is 38.9 Å². The fourth-order valence-electron chi connectivity index (χ4n) is 2.86. The first-order valence-electron chi connectivity index (χ1n) is 8.10. The molecule has 2 heterocycles. The number of nitrogens with one attached hydrogen (secondary N) is 1. The molecule has 0 spiro atoms. The summed E-state index contributed by atoms with van der Waals surface area (Å²) in [5.41, 5.74) is 0.833. The molecule has 1 fully saturated rings. The van der Waals surface area contributed by atoms with Crippen LogP contribution in [0.4, 0.5) is 0 Å². The third kappa shape index (κ3) is 3.88. The summed E-state index contributed by atoms with van der Waals surface area (Å²) >= 11 is 0. The summed E-state index contributed by atoms with van der Waals surface area (Å²) in [6.07, 6.45) is -0.0178. The van der Waals surface area contributed by atoms with Crippen molar-refractivity contribution in [2.24, 2.45) is 0 Å². The van der Waals surface area contributed by atoms with Crippen LogP contribution in [-0.2, 0) is 14.8 Å². The van der Waals surface area contributed by atoms with Gasteiger partial charge in [0, 0.05) is 6.61 Å². The molecule has 0 radical (unpaired) electrons. The molecule has 26 heavy (non-hydrogen) atoms. The minimum Gasteiger partial charge on any atom is -0.486 e. The van der Waals surface area contributed by atoms with Crippen LogP contribution in [0.15, 0.2) is 33.7 Å². The molecule has 2 atom stereocenters. The summed E-state index contributed by atoms with van der Waals surface area (Å²) in [6, 6.07) is 8.21. The predicted molar refractivity (Wildman–Crippen MR) is 91.1 cm³/mol. The van der Waals surface area contributed by atoms with E-state index in [-0.39, 0.29) is 17.3 Å². The van der Waals surface area contributed by atoms with Crippen molar-refractivity contribution >= 4 is 10.0 Å². The number of nitrogens with zero attached hydrogens (tertiary/aromatic N) is 2. The third-order valence-electron chi connectivity index (χ3n) is 4.12. The number of nitriles is 1. The summed E-state index contributed by atoms with van der Waals surface area (Å²) in [4.78, 5) is 0.0566. The van der Waals surface area contributed by atoms with E-state index in [0.29, 0.717) is 30.0 Å². The van der Waals surface area contributed by atoms with E-state index in [9.17, 15) is 8.42 Å². The van der Waals surface area contributed by atoms with E-state index in [2.05, 4.69) is 9.88 Å². The average molecular weight is 377 g/mol. The van der Waals surface area contributed by atoms with Crippen molar-refractivity contribution in [3.8, 4) is 11.8 Å². The Labute approximate surface area is 151 Å². The van der Waals surface area contributed by atoms with Gasteiger partial charge in [0.1, 0.15) is 22.4 Å². The fourth-order valence-corrected chi connectivity index (χ4v) is 4.49. The zero-order chi connectivity index (χ0) is 18.7. The van der Waals surface area contributed by atoms with Crippen molar-refractivity contribution in [1.29, 1.82) is 5.26 Å². The van der Waals surface area contributed by atoms with Crippen molar-refractivity contribution in [3.63, 3.8) is 0 Å². The standard InChI is InChI=1S/C17H19N3O5S/c1-11-17(12(2)25-19-11)26(21,22)20-15-7-8-23-10-16(15)24-14-5-3-13(9-18)4-6-14/h3-6,15-16,20H,7-8,10H2,1-2H3/t15-,16-/m1/s1. The van der Waals surface area contributed by atoms with Gasteiger partial charge in [-0.1, -0.05) is 5.16 Å². The van der Waals surface area contributed by atoms with Crippen LogP contribution >= 0.6 is 0 Å². The molecule has 1 aliphatic rings. The number of hydrogen-bond donors (Lipinski definition) is 1. The summed E-state index contributed by atoms with van der Waals surface area (Å²) in [5, 5.41) is 12.6. The van der Waals surface area contributed by atoms with E-state index in [1.165, 1.54) is 0 Å². The van der Waals surface area contributed by atoms with Crippen LogP contribution < -0.4 is 9.46 Å². The Morgan fingerprint density at radius 2 is 2.04 bits per heavy atom. The normalized spacial score (nSPS) is 20.5. The third-order valence-corrected chi connectivity index (χ3v) is 5.85. The molecule has 2 aromatic rings. The molecule has 1 N–H and O–H groups in total. The van der Waals surface area contributed by atoms with Crippen molar-refractivity contribution < 1.29 is 22.4 Å². The number of sulfonamides is 1. The SMILES string of the molecule is Cc1noc(C)c1S(=O)(=O)N[C@@H]1CCOC[C@H]1Oc1ccc(C#N)cc1. The second-order valence-corrected chi connectivity index (χ2v) is 7.69. The first-order valence-corrected chi connectivity index (χ1v) is 9.59. The first kappa shape index (κ1) is 18.4. The molecule has 9 heteroatoms. The van der Waals surface area contributed by atoms with Crippen LogP contribution in [0, 0.1) is 25.2 Å². The minimum atomic E-state index is -3.80. The Balaban J connectivity index is 1.77. The number of hydrogen-bond acceptors (Lipinski definition) is 7. The van der Waals surface area contributed by atoms with Crippen LogP contribution in [0.2, 0.25) is 0 Å². The molecular weight excluding hydrogens is 358 g/mol. The first-order chi connectivity index (χ1) is 12.4. The number of rotatable bonds is 5. The second kappa shape index (κ2) is 7.45. The van der Waals surface area contributed by atoms with E-state index in [4.69, 9.17) is 19.3 Å². The maximum atomic E-state index is 12.7. The highest BCUT2D eigenvalue weighted by Crippen LogP contribution is 2.23. The maximum Gasteiger partial charge on any atom is 0.246 e. The topological polar surface area (TPSA) is 114 Å². The molecular formula is C17H19N3O5S. The van der Waals surface area contributed by atoms with Crippen molar-refractivity contribution in [2.75, 3.05) is 13.2 Å². The van der Waals surface area contributed by atoms with Crippen molar-refractivity contribution in [3.05, 3.63) is 41.3 Å². The van der Waals surface area contributed by atoms with Gasteiger partial charge in [-0.25, -0.2) is 13.1 Å². The Kier molecular flexibility index (Phi) is 5.27. The Hall–Kier alpha value is -2.41. The highest BCUT2D eigenvalue weighted by atomic mass is 32.2. The van der Waals surface area contributed by atoms with Crippen LogP contribution in [0.5, 0.6) is 5.75 Å². The van der Waals surface area contributed by atoms with E-state index in [1.54, 1.807) is 38.1 Å². The summed E-state index contributed by atoms with van der Waals surface area (Å²) in [6.45, 7) is 3.83. The summed E-state index contributed by atoms with van der Waals surface area (Å²) < 4.78 is 44.5. The van der Waals surface area contributed by atoms with Gasteiger partial charge in [-0.2, -0.15) is 5.26 Å². The quantitative estimate of drug-likeness (QED) is 0.843. The minimum absolute atomic E-state index is 0.0566. The molecule has 0 bridgehead atoms. The molecule has 0 aliphatic carbocycles. The maximum absolute atomic E-state index is 12.7. The lowest BCUT2D eigenvalue weighted by Crippen LogP contribution is -2.51. The summed E-state index contributed by atoms with van der Waals surface area (Å²) in [5.74, 6) is 0.785. The van der Waals surface area contributed by atoms with Gasteiger partial charge in [0.25, 0.3) is 0 Å². The number of aromatic nitrogens is 1. The van der Waals surface area contributed by atoms with Gasteiger partial charge < -0.3 is 14.0 Å². The zero-order valence-electron chi connectivity index (χ0n) is 14.4. The fraction of sp³-hybridized carbons (Fsp3) is 0.412. The van der Waals surface area contributed by atoms with Crippen LogP contribution in [0.1, 0.15) is 23.4 Å². The van der Waals surface area contributed by atoms with Crippen molar-refractivity contribution in [2.45, 2.75) is 37.3 Å². The Morgan fingerprint density at radius 1 is 1.31 bits per heavy atom. The van der Waals surface area contributed by atoms with Gasteiger partial charge >= 0.3 is 0 Å². The number of benzene rings is 1. The molecule has 138 valence electrons. The highest BCUT2D eigenvalue weighted by molar-refractivity contribution is 7.89.